The zero-order valence-corrected chi connectivity index (χ0v) is 13.5. The topological polar surface area (TPSA) is 49.4 Å². The summed E-state index contributed by atoms with van der Waals surface area (Å²) in [6.07, 6.45) is 1.85. The van der Waals surface area contributed by atoms with E-state index in [0.29, 0.717) is 16.8 Å². The fourth-order valence-corrected chi connectivity index (χ4v) is 2.49. The first-order chi connectivity index (χ1) is 11.5. The van der Waals surface area contributed by atoms with Crippen LogP contribution in [0.5, 0.6) is 0 Å². The van der Waals surface area contributed by atoms with E-state index in [4.69, 9.17) is 0 Å². The molecule has 1 aliphatic carbocycles. The summed E-state index contributed by atoms with van der Waals surface area (Å²) in [6.45, 7) is 0.185. The van der Waals surface area contributed by atoms with E-state index < -0.39 is 0 Å². The van der Waals surface area contributed by atoms with Gasteiger partial charge in [0, 0.05) is 36.3 Å². The molecular formula is C19H19FN2O2. The molecule has 24 heavy (non-hydrogen) atoms. The van der Waals surface area contributed by atoms with E-state index in [0.717, 1.165) is 12.8 Å². The van der Waals surface area contributed by atoms with Gasteiger partial charge >= 0.3 is 0 Å². The third-order valence-corrected chi connectivity index (χ3v) is 4.04. The lowest BCUT2D eigenvalue weighted by Crippen LogP contribution is -2.26. The summed E-state index contributed by atoms with van der Waals surface area (Å²) < 4.78 is 13.7. The molecule has 2 aromatic rings. The highest BCUT2D eigenvalue weighted by Crippen LogP contribution is 2.30. The molecule has 0 unspecified atom stereocenters. The molecule has 4 nitrogen and oxygen atoms in total. The lowest BCUT2D eigenvalue weighted by atomic mass is 10.1. The van der Waals surface area contributed by atoms with Gasteiger partial charge in [-0.2, -0.15) is 0 Å². The molecule has 2 aromatic carbocycles. The molecule has 3 rings (SSSR count). The van der Waals surface area contributed by atoms with Crippen LogP contribution >= 0.6 is 0 Å². The molecule has 124 valence electrons. The quantitative estimate of drug-likeness (QED) is 0.915. The molecule has 1 saturated carbocycles. The molecule has 5 heteroatoms. The van der Waals surface area contributed by atoms with Crippen molar-refractivity contribution in [2.75, 3.05) is 12.4 Å². The largest absolute Gasteiger partial charge is 0.337 e. The summed E-state index contributed by atoms with van der Waals surface area (Å²) in [5.41, 5.74) is 1.53. The molecule has 0 atom stereocenters. The summed E-state index contributed by atoms with van der Waals surface area (Å²) in [4.78, 5) is 25.8. The van der Waals surface area contributed by atoms with Gasteiger partial charge in [-0.3, -0.25) is 9.59 Å². The number of amides is 2. The Kier molecular flexibility index (Phi) is 4.60. The molecule has 1 aliphatic rings. The Morgan fingerprint density at radius 1 is 1.17 bits per heavy atom. The van der Waals surface area contributed by atoms with Crippen molar-refractivity contribution in [1.29, 1.82) is 0 Å². The van der Waals surface area contributed by atoms with Gasteiger partial charge in [0.05, 0.1) is 0 Å². The van der Waals surface area contributed by atoms with Gasteiger partial charge in [-0.05, 0) is 37.1 Å². The van der Waals surface area contributed by atoms with Gasteiger partial charge in [-0.1, -0.05) is 24.3 Å². The van der Waals surface area contributed by atoms with E-state index in [9.17, 15) is 14.0 Å². The van der Waals surface area contributed by atoms with Crippen molar-refractivity contribution >= 4 is 17.5 Å². The summed E-state index contributed by atoms with van der Waals surface area (Å²) in [7, 11) is 1.63. The fraction of sp³-hybridized carbons (Fsp3) is 0.263. The summed E-state index contributed by atoms with van der Waals surface area (Å²) >= 11 is 0. The van der Waals surface area contributed by atoms with Crippen LogP contribution in [-0.4, -0.2) is 23.8 Å². The monoisotopic (exact) mass is 326 g/mol. The molecule has 0 radical (unpaired) electrons. The maximum Gasteiger partial charge on any atom is 0.253 e. The highest BCUT2D eigenvalue weighted by molar-refractivity contribution is 5.98. The van der Waals surface area contributed by atoms with Gasteiger partial charge in [0.25, 0.3) is 5.91 Å². The molecule has 0 aliphatic heterocycles. The normalized spacial score (nSPS) is 13.4. The first kappa shape index (κ1) is 16.2. The van der Waals surface area contributed by atoms with Crippen molar-refractivity contribution in [3.63, 3.8) is 0 Å². The molecule has 0 heterocycles. The minimum atomic E-state index is -0.331. The number of hydrogen-bond acceptors (Lipinski definition) is 2. The van der Waals surface area contributed by atoms with Crippen LogP contribution in [0.2, 0.25) is 0 Å². The molecule has 0 spiro atoms. The Morgan fingerprint density at radius 3 is 2.62 bits per heavy atom. The lowest BCUT2D eigenvalue weighted by Gasteiger charge is -2.18. The second kappa shape index (κ2) is 6.83. The summed E-state index contributed by atoms with van der Waals surface area (Å²) in [6, 6.07) is 13.2. The maximum absolute atomic E-state index is 13.7. The van der Waals surface area contributed by atoms with Crippen molar-refractivity contribution in [3.8, 4) is 0 Å². The highest BCUT2D eigenvalue weighted by Gasteiger charge is 2.29. The number of nitrogens with zero attached hydrogens (tertiary/aromatic N) is 1. The minimum absolute atomic E-state index is 0.000639. The predicted octanol–water partition coefficient (Wildman–Crippen LogP) is 3.45. The number of nitrogens with one attached hydrogen (secondary N) is 1. The lowest BCUT2D eigenvalue weighted by molar-refractivity contribution is -0.117. The van der Waals surface area contributed by atoms with Crippen LogP contribution < -0.4 is 5.32 Å². The number of halogens is 1. The minimum Gasteiger partial charge on any atom is -0.337 e. The Balaban J connectivity index is 1.69. The van der Waals surface area contributed by atoms with E-state index >= 15 is 0 Å². The van der Waals surface area contributed by atoms with Gasteiger partial charge in [0.1, 0.15) is 5.82 Å². The van der Waals surface area contributed by atoms with E-state index in [1.54, 1.807) is 49.5 Å². The maximum atomic E-state index is 13.7. The van der Waals surface area contributed by atoms with Crippen molar-refractivity contribution in [3.05, 3.63) is 65.5 Å². The van der Waals surface area contributed by atoms with Crippen LogP contribution in [0.25, 0.3) is 0 Å². The Labute approximate surface area is 140 Å². The Morgan fingerprint density at radius 2 is 1.92 bits per heavy atom. The zero-order chi connectivity index (χ0) is 17.1. The molecule has 0 aromatic heterocycles. The van der Waals surface area contributed by atoms with Crippen molar-refractivity contribution in [1.82, 2.24) is 4.90 Å². The SMILES string of the molecule is CN(Cc1ccccc1F)C(=O)c1cccc(NC(=O)C2CC2)c1. The van der Waals surface area contributed by atoms with E-state index in [1.807, 2.05) is 0 Å². The van der Waals surface area contributed by atoms with Crippen LogP contribution in [0.3, 0.4) is 0 Å². The Hall–Kier alpha value is -2.69. The van der Waals surface area contributed by atoms with Crippen molar-refractivity contribution in [2.45, 2.75) is 19.4 Å². The second-order valence-corrected chi connectivity index (χ2v) is 6.10. The van der Waals surface area contributed by atoms with Gasteiger partial charge in [-0.25, -0.2) is 4.39 Å². The molecule has 0 saturated heterocycles. The van der Waals surface area contributed by atoms with Crippen molar-refractivity contribution < 1.29 is 14.0 Å². The molecule has 1 fully saturated rings. The molecule has 1 N–H and O–H groups in total. The number of carbonyl (C=O) groups is 2. The average molecular weight is 326 g/mol. The number of carbonyl (C=O) groups excluding carboxylic acids is 2. The average Bonchev–Trinajstić information content (AvgIpc) is 3.41. The predicted molar refractivity (Wildman–Crippen MR) is 90.0 cm³/mol. The van der Waals surface area contributed by atoms with Gasteiger partial charge in [0.15, 0.2) is 0 Å². The fourth-order valence-electron chi connectivity index (χ4n) is 2.49. The molecular weight excluding hydrogens is 307 g/mol. The van der Waals surface area contributed by atoms with Gasteiger partial charge in [0.2, 0.25) is 5.91 Å². The van der Waals surface area contributed by atoms with Crippen LogP contribution in [0, 0.1) is 11.7 Å². The third kappa shape index (κ3) is 3.79. The number of hydrogen-bond donors (Lipinski definition) is 1. The molecule has 2 amide bonds. The van der Waals surface area contributed by atoms with Crippen LogP contribution in [0.15, 0.2) is 48.5 Å². The molecule has 0 bridgehead atoms. The number of anilines is 1. The Bertz CT molecular complexity index is 771. The van der Waals surface area contributed by atoms with Crippen LogP contribution in [0.4, 0.5) is 10.1 Å². The van der Waals surface area contributed by atoms with E-state index in [2.05, 4.69) is 5.32 Å². The highest BCUT2D eigenvalue weighted by atomic mass is 19.1. The second-order valence-electron chi connectivity index (χ2n) is 6.10. The smallest absolute Gasteiger partial charge is 0.253 e. The number of benzene rings is 2. The van der Waals surface area contributed by atoms with Crippen LogP contribution in [-0.2, 0) is 11.3 Å². The van der Waals surface area contributed by atoms with Crippen LogP contribution in [0.1, 0.15) is 28.8 Å². The van der Waals surface area contributed by atoms with Crippen molar-refractivity contribution in [2.24, 2.45) is 5.92 Å². The van der Waals surface area contributed by atoms with Gasteiger partial charge in [-0.15, -0.1) is 0 Å². The van der Waals surface area contributed by atoms with E-state index in [-0.39, 0.29) is 30.1 Å². The zero-order valence-electron chi connectivity index (χ0n) is 13.5. The standard InChI is InChI=1S/C19H19FN2O2/c1-22(12-15-5-2-3-8-17(15)20)19(24)14-6-4-7-16(11-14)21-18(23)13-9-10-13/h2-8,11,13H,9-10,12H2,1H3,(H,21,23). The number of rotatable bonds is 5. The summed E-state index contributed by atoms with van der Waals surface area (Å²) in [5, 5.41) is 2.83. The first-order valence-corrected chi connectivity index (χ1v) is 7.94. The summed E-state index contributed by atoms with van der Waals surface area (Å²) in [5.74, 6) is -0.448. The third-order valence-electron chi connectivity index (χ3n) is 4.04. The van der Waals surface area contributed by atoms with Gasteiger partial charge < -0.3 is 10.2 Å². The first-order valence-electron chi connectivity index (χ1n) is 7.94. The van der Waals surface area contributed by atoms with E-state index in [1.165, 1.54) is 11.0 Å².